The van der Waals surface area contributed by atoms with Crippen LogP contribution in [0.2, 0.25) is 0 Å². The van der Waals surface area contributed by atoms with Crippen molar-refractivity contribution in [3.8, 4) is 5.75 Å². The van der Waals surface area contributed by atoms with Gasteiger partial charge in [-0.3, -0.25) is 14.5 Å². The van der Waals surface area contributed by atoms with Crippen molar-refractivity contribution < 1.29 is 22.7 Å². The molecule has 9 nitrogen and oxygen atoms in total. The lowest BCUT2D eigenvalue weighted by molar-refractivity contribution is -0.123. The Balaban J connectivity index is 1.69. The number of fused-ring (bicyclic) bond motifs is 3. The van der Waals surface area contributed by atoms with Gasteiger partial charge in [0, 0.05) is 32.4 Å². The van der Waals surface area contributed by atoms with E-state index in [9.17, 15) is 18.0 Å². The lowest BCUT2D eigenvalue weighted by atomic mass is 9.96. The monoisotopic (exact) mass is 472 g/mol. The Hall–Kier alpha value is -3.11. The highest BCUT2D eigenvalue weighted by Gasteiger charge is 2.40. The third-order valence-corrected chi connectivity index (χ3v) is 7.85. The molecule has 33 heavy (non-hydrogen) atoms. The molecule has 0 unspecified atom stereocenters. The number of nitrogens with zero attached hydrogens (tertiary/aromatic N) is 3. The third kappa shape index (κ3) is 4.40. The first-order chi connectivity index (χ1) is 15.7. The van der Waals surface area contributed by atoms with Gasteiger partial charge < -0.3 is 15.0 Å². The molecule has 0 bridgehead atoms. The molecule has 1 fully saturated rings. The second-order valence-electron chi connectivity index (χ2n) is 8.35. The number of methoxy groups -OCH3 is 1. The van der Waals surface area contributed by atoms with Gasteiger partial charge in [0.25, 0.3) is 0 Å². The predicted octanol–water partition coefficient (Wildman–Crippen LogP) is 2.29. The number of carbonyl (C=O) groups is 2. The van der Waals surface area contributed by atoms with Crippen LogP contribution in [-0.2, 0) is 19.6 Å². The van der Waals surface area contributed by atoms with Gasteiger partial charge in [0.2, 0.25) is 21.8 Å². The maximum atomic E-state index is 13.4. The van der Waals surface area contributed by atoms with E-state index in [1.807, 2.05) is 4.90 Å². The number of piperidine rings is 1. The summed E-state index contributed by atoms with van der Waals surface area (Å²) < 4.78 is 31.8. The molecular formula is C23H28N4O5S. The lowest BCUT2D eigenvalue weighted by Crippen LogP contribution is -2.56. The van der Waals surface area contributed by atoms with Gasteiger partial charge in [-0.2, -0.15) is 0 Å². The van der Waals surface area contributed by atoms with Crippen molar-refractivity contribution in [3.05, 3.63) is 42.5 Å². The number of benzene rings is 2. The van der Waals surface area contributed by atoms with E-state index in [1.165, 1.54) is 25.1 Å². The molecule has 2 heterocycles. The van der Waals surface area contributed by atoms with Crippen LogP contribution in [0.15, 0.2) is 47.4 Å². The van der Waals surface area contributed by atoms with Crippen LogP contribution in [0.1, 0.15) is 19.3 Å². The van der Waals surface area contributed by atoms with Crippen LogP contribution in [0.25, 0.3) is 0 Å². The fourth-order valence-electron chi connectivity index (χ4n) is 4.32. The number of anilines is 3. The SMILES string of the molecule is COc1cccc(NC(=O)CN2C(=O)[C@@H]3CCCCN3c3ccc(S(=O)(=O)N(C)C)cc32)c1. The van der Waals surface area contributed by atoms with Crippen LogP contribution in [0.3, 0.4) is 0 Å². The fourth-order valence-corrected chi connectivity index (χ4v) is 5.24. The summed E-state index contributed by atoms with van der Waals surface area (Å²) in [6.07, 6.45) is 2.58. The normalized spacial score (nSPS) is 18.1. The molecule has 0 aliphatic carbocycles. The van der Waals surface area contributed by atoms with E-state index >= 15 is 0 Å². The lowest BCUT2D eigenvalue weighted by Gasteiger charge is -2.45. The van der Waals surface area contributed by atoms with Gasteiger partial charge in [-0.25, -0.2) is 12.7 Å². The molecule has 2 aliphatic rings. The topological polar surface area (TPSA) is 99.3 Å². The zero-order valence-corrected chi connectivity index (χ0v) is 19.8. The Morgan fingerprint density at radius 2 is 1.94 bits per heavy atom. The highest BCUT2D eigenvalue weighted by atomic mass is 32.2. The van der Waals surface area contributed by atoms with Crippen molar-refractivity contribution in [2.75, 3.05) is 49.4 Å². The molecule has 1 atom stereocenters. The molecule has 0 aromatic heterocycles. The van der Waals surface area contributed by atoms with Crippen LogP contribution < -0.4 is 19.9 Å². The van der Waals surface area contributed by atoms with E-state index in [4.69, 9.17) is 4.74 Å². The summed E-state index contributed by atoms with van der Waals surface area (Å²) in [4.78, 5) is 29.8. The molecule has 2 aromatic rings. The van der Waals surface area contributed by atoms with Crippen molar-refractivity contribution >= 4 is 38.9 Å². The Morgan fingerprint density at radius 1 is 1.15 bits per heavy atom. The minimum Gasteiger partial charge on any atom is -0.497 e. The minimum absolute atomic E-state index is 0.0766. The quantitative estimate of drug-likeness (QED) is 0.693. The van der Waals surface area contributed by atoms with Crippen molar-refractivity contribution in [2.45, 2.75) is 30.2 Å². The van der Waals surface area contributed by atoms with E-state index in [2.05, 4.69) is 5.32 Å². The number of nitrogens with one attached hydrogen (secondary N) is 1. The van der Waals surface area contributed by atoms with Gasteiger partial charge in [-0.1, -0.05) is 6.07 Å². The summed E-state index contributed by atoms with van der Waals surface area (Å²) in [5.41, 5.74) is 1.75. The molecule has 1 N–H and O–H groups in total. The van der Waals surface area contributed by atoms with Crippen LogP contribution in [0.5, 0.6) is 5.75 Å². The number of hydrogen-bond donors (Lipinski definition) is 1. The van der Waals surface area contributed by atoms with Gasteiger partial charge >= 0.3 is 0 Å². The van der Waals surface area contributed by atoms with Gasteiger partial charge in [-0.15, -0.1) is 0 Å². The first-order valence-electron chi connectivity index (χ1n) is 10.8. The van der Waals surface area contributed by atoms with E-state index in [0.717, 1.165) is 22.8 Å². The number of sulfonamides is 1. The number of ether oxygens (including phenoxy) is 1. The van der Waals surface area contributed by atoms with Crippen molar-refractivity contribution in [2.24, 2.45) is 0 Å². The van der Waals surface area contributed by atoms with Gasteiger partial charge in [-0.05, 0) is 49.6 Å². The number of carbonyl (C=O) groups excluding carboxylic acids is 2. The van der Waals surface area contributed by atoms with Crippen molar-refractivity contribution in [1.82, 2.24) is 4.31 Å². The fraction of sp³-hybridized carbons (Fsp3) is 0.391. The summed E-state index contributed by atoms with van der Waals surface area (Å²) in [7, 11) is 0.755. The van der Waals surface area contributed by atoms with E-state index in [1.54, 1.807) is 43.5 Å². The molecule has 0 radical (unpaired) electrons. The van der Waals surface area contributed by atoms with Gasteiger partial charge in [0.05, 0.1) is 23.4 Å². The molecular weight excluding hydrogens is 444 g/mol. The Morgan fingerprint density at radius 3 is 2.67 bits per heavy atom. The first kappa shape index (κ1) is 23.1. The molecule has 2 aliphatic heterocycles. The summed E-state index contributed by atoms with van der Waals surface area (Å²) in [6, 6.07) is 11.4. The molecule has 0 saturated carbocycles. The Kier molecular flexibility index (Phi) is 6.31. The van der Waals surface area contributed by atoms with Gasteiger partial charge in [0.15, 0.2) is 0 Å². The first-order valence-corrected chi connectivity index (χ1v) is 12.2. The molecule has 1 saturated heterocycles. The molecule has 4 rings (SSSR count). The van der Waals surface area contributed by atoms with Crippen LogP contribution in [0, 0.1) is 0 Å². The van der Waals surface area contributed by atoms with Crippen molar-refractivity contribution in [3.63, 3.8) is 0 Å². The minimum atomic E-state index is -3.70. The van der Waals surface area contributed by atoms with Crippen molar-refractivity contribution in [1.29, 1.82) is 0 Å². The predicted molar refractivity (Wildman–Crippen MR) is 126 cm³/mol. The number of amides is 2. The molecule has 2 amide bonds. The zero-order valence-electron chi connectivity index (χ0n) is 18.9. The number of rotatable bonds is 6. The summed E-state index contributed by atoms with van der Waals surface area (Å²) in [5, 5.41) is 2.80. The second-order valence-corrected chi connectivity index (χ2v) is 10.5. The maximum absolute atomic E-state index is 13.4. The van der Waals surface area contributed by atoms with E-state index in [-0.39, 0.29) is 29.3 Å². The maximum Gasteiger partial charge on any atom is 0.250 e. The standard InChI is InChI=1S/C23H28N4O5S/c1-25(2)33(30,31)18-10-11-19-21(14-18)27(23(29)20-9-4-5-12-26(19)20)15-22(28)24-16-7-6-8-17(13-16)32-3/h6-8,10-11,13-14,20H,4-5,9,12,15H2,1-3H3,(H,24,28)/t20-/m0/s1. The van der Waals surface area contributed by atoms with Gasteiger partial charge in [0.1, 0.15) is 18.3 Å². The van der Waals surface area contributed by atoms with E-state index in [0.29, 0.717) is 30.1 Å². The summed E-state index contributed by atoms with van der Waals surface area (Å²) >= 11 is 0. The Bertz CT molecular complexity index is 1180. The van der Waals surface area contributed by atoms with Crippen LogP contribution in [-0.4, -0.2) is 64.9 Å². The average Bonchev–Trinajstić information content (AvgIpc) is 2.81. The average molecular weight is 473 g/mol. The third-order valence-electron chi connectivity index (χ3n) is 6.03. The Labute approximate surface area is 194 Å². The molecule has 2 aromatic carbocycles. The van der Waals surface area contributed by atoms with Crippen LogP contribution >= 0.6 is 0 Å². The second kappa shape index (κ2) is 9.03. The highest BCUT2D eigenvalue weighted by Crippen LogP contribution is 2.40. The molecule has 0 spiro atoms. The van der Waals surface area contributed by atoms with E-state index < -0.39 is 10.0 Å². The summed E-state index contributed by atoms with van der Waals surface area (Å²) in [6.45, 7) is 0.492. The highest BCUT2D eigenvalue weighted by molar-refractivity contribution is 7.89. The molecule has 10 heteroatoms. The van der Waals surface area contributed by atoms with Crippen LogP contribution in [0.4, 0.5) is 17.1 Å². The smallest absolute Gasteiger partial charge is 0.250 e. The molecule has 176 valence electrons. The summed E-state index contributed by atoms with van der Waals surface area (Å²) in [5.74, 6) is 0.0265. The zero-order chi connectivity index (χ0) is 23.8. The largest absolute Gasteiger partial charge is 0.497 e. The number of hydrogen-bond acceptors (Lipinski definition) is 6.